The van der Waals surface area contributed by atoms with Gasteiger partial charge in [-0.3, -0.25) is 0 Å². The van der Waals surface area contributed by atoms with Crippen LogP contribution in [0.25, 0.3) is 0 Å². The summed E-state index contributed by atoms with van der Waals surface area (Å²) in [6.45, 7) is 0.842. The Kier molecular flexibility index (Phi) is 5.99. The fraction of sp³-hybridized carbons (Fsp3) is 0.333. The summed E-state index contributed by atoms with van der Waals surface area (Å²) < 4.78 is 22.8. The predicted octanol–water partition coefficient (Wildman–Crippen LogP) is 1.59. The van der Waals surface area contributed by atoms with Gasteiger partial charge >= 0.3 is 0 Å². The van der Waals surface area contributed by atoms with Gasteiger partial charge in [0.25, 0.3) is 0 Å². The fourth-order valence-electron chi connectivity index (χ4n) is 0.907. The van der Waals surface area contributed by atoms with E-state index in [2.05, 4.69) is 0 Å². The lowest BCUT2D eigenvalue weighted by Gasteiger charge is -2.06. The molecule has 0 unspecified atom stereocenters. The van der Waals surface area contributed by atoms with E-state index in [1.807, 2.05) is 0 Å². The fourth-order valence-corrected chi connectivity index (χ4v) is 0.907. The third-order valence-electron chi connectivity index (χ3n) is 1.51. The summed E-state index contributed by atoms with van der Waals surface area (Å²) in [5.41, 5.74) is 5.25. The van der Waals surface area contributed by atoms with Gasteiger partial charge in [-0.25, -0.2) is 4.39 Å². The molecule has 1 rings (SSSR count). The Morgan fingerprint density at radius 2 is 2.14 bits per heavy atom. The lowest BCUT2D eigenvalue weighted by molar-refractivity contribution is 0.322. The highest BCUT2D eigenvalue weighted by Gasteiger charge is 2.03. The zero-order valence-electron chi connectivity index (χ0n) is 7.83. The van der Waals surface area contributed by atoms with Crippen LogP contribution in [0.5, 0.6) is 11.5 Å². The number of rotatable bonds is 4. The molecular formula is C9H13ClFNO2. The molecule has 0 heterocycles. The molecule has 2 N–H and O–H groups in total. The maximum absolute atomic E-state index is 12.9. The van der Waals surface area contributed by atoms with Crippen LogP contribution in [0.15, 0.2) is 18.2 Å². The van der Waals surface area contributed by atoms with Crippen LogP contribution in [0, 0.1) is 5.82 Å². The first kappa shape index (κ1) is 13.0. The Hall–Kier alpha value is -1.00. The van der Waals surface area contributed by atoms with Gasteiger partial charge < -0.3 is 15.2 Å². The maximum Gasteiger partial charge on any atom is 0.165 e. The molecule has 0 amide bonds. The summed E-state index contributed by atoms with van der Waals surface area (Å²) in [5, 5.41) is 0. The molecule has 0 aliphatic heterocycles. The topological polar surface area (TPSA) is 44.5 Å². The van der Waals surface area contributed by atoms with E-state index in [0.717, 1.165) is 0 Å². The van der Waals surface area contributed by atoms with Crippen molar-refractivity contribution in [3.8, 4) is 11.5 Å². The van der Waals surface area contributed by atoms with Crippen LogP contribution in [0.4, 0.5) is 4.39 Å². The van der Waals surface area contributed by atoms with E-state index >= 15 is 0 Å². The second-order valence-electron chi connectivity index (χ2n) is 2.43. The number of benzene rings is 1. The van der Waals surface area contributed by atoms with Crippen molar-refractivity contribution in [2.45, 2.75) is 0 Å². The highest BCUT2D eigenvalue weighted by Crippen LogP contribution is 2.22. The third kappa shape index (κ3) is 3.40. The number of ether oxygens (including phenoxy) is 2. The minimum absolute atomic E-state index is 0. The summed E-state index contributed by atoms with van der Waals surface area (Å²) in [4.78, 5) is 0. The van der Waals surface area contributed by atoms with Gasteiger partial charge in [0.05, 0.1) is 7.11 Å². The van der Waals surface area contributed by atoms with E-state index in [4.69, 9.17) is 15.2 Å². The highest BCUT2D eigenvalue weighted by atomic mass is 35.5. The third-order valence-corrected chi connectivity index (χ3v) is 1.51. The average molecular weight is 222 g/mol. The molecule has 0 aromatic heterocycles. The summed E-state index contributed by atoms with van der Waals surface area (Å²) in [7, 11) is 1.41. The highest BCUT2D eigenvalue weighted by molar-refractivity contribution is 5.85. The van der Waals surface area contributed by atoms with Gasteiger partial charge in [-0.1, -0.05) is 0 Å². The molecule has 0 radical (unpaired) electrons. The monoisotopic (exact) mass is 221 g/mol. The molecule has 80 valence electrons. The number of hydrogen-bond acceptors (Lipinski definition) is 3. The van der Waals surface area contributed by atoms with Gasteiger partial charge in [0.1, 0.15) is 12.4 Å². The minimum atomic E-state index is -0.400. The maximum atomic E-state index is 12.9. The molecule has 0 fully saturated rings. The molecule has 0 bridgehead atoms. The van der Waals surface area contributed by atoms with Gasteiger partial charge in [0, 0.05) is 12.6 Å². The molecular weight excluding hydrogens is 209 g/mol. The summed E-state index contributed by atoms with van der Waals surface area (Å²) in [5.74, 6) is 0.334. The Bertz CT molecular complexity index is 284. The number of halogens is 2. The number of nitrogens with two attached hydrogens (primary N) is 1. The Balaban J connectivity index is 0.00000169. The van der Waals surface area contributed by atoms with Gasteiger partial charge in [-0.2, -0.15) is 0 Å². The van der Waals surface area contributed by atoms with Gasteiger partial charge in [-0.05, 0) is 12.1 Å². The lowest BCUT2D eigenvalue weighted by Crippen LogP contribution is -2.10. The van der Waals surface area contributed by atoms with E-state index in [9.17, 15) is 4.39 Å². The lowest BCUT2D eigenvalue weighted by atomic mass is 10.3. The normalized spacial score (nSPS) is 9.07. The Labute approximate surface area is 88.4 Å². The first-order chi connectivity index (χ1) is 6.27. The smallest absolute Gasteiger partial charge is 0.165 e. The van der Waals surface area contributed by atoms with Crippen molar-refractivity contribution in [3.63, 3.8) is 0 Å². The number of hydrogen-bond donors (Lipinski definition) is 1. The largest absolute Gasteiger partial charge is 0.494 e. The molecule has 0 spiro atoms. The van der Waals surface area contributed by atoms with Crippen LogP contribution in [-0.4, -0.2) is 20.3 Å². The number of methoxy groups -OCH3 is 1. The zero-order chi connectivity index (χ0) is 9.68. The molecule has 0 aliphatic carbocycles. The molecule has 5 heteroatoms. The van der Waals surface area contributed by atoms with E-state index in [0.29, 0.717) is 18.9 Å². The van der Waals surface area contributed by atoms with E-state index in [1.54, 1.807) is 0 Å². The Morgan fingerprint density at radius 3 is 2.71 bits per heavy atom. The van der Waals surface area contributed by atoms with Crippen LogP contribution >= 0.6 is 12.4 Å². The summed E-state index contributed by atoms with van der Waals surface area (Å²) in [6, 6.07) is 4.32. The van der Waals surface area contributed by atoms with Crippen LogP contribution in [-0.2, 0) is 0 Å². The van der Waals surface area contributed by atoms with E-state index in [1.165, 1.54) is 25.3 Å². The molecule has 0 atom stereocenters. The van der Waals surface area contributed by atoms with Gasteiger partial charge in [-0.15, -0.1) is 12.4 Å². The van der Waals surface area contributed by atoms with Crippen LogP contribution in [0.3, 0.4) is 0 Å². The first-order valence-corrected chi connectivity index (χ1v) is 3.94. The van der Waals surface area contributed by atoms with Crippen LogP contribution < -0.4 is 15.2 Å². The molecule has 0 aliphatic rings. The van der Waals surface area contributed by atoms with Crippen molar-refractivity contribution in [2.24, 2.45) is 5.73 Å². The molecule has 0 saturated heterocycles. The zero-order valence-corrected chi connectivity index (χ0v) is 8.64. The molecule has 1 aromatic carbocycles. The van der Waals surface area contributed by atoms with Crippen molar-refractivity contribution in [2.75, 3.05) is 20.3 Å². The van der Waals surface area contributed by atoms with Gasteiger partial charge in [0.15, 0.2) is 11.6 Å². The van der Waals surface area contributed by atoms with E-state index in [-0.39, 0.29) is 18.2 Å². The first-order valence-electron chi connectivity index (χ1n) is 3.94. The van der Waals surface area contributed by atoms with Crippen molar-refractivity contribution < 1.29 is 13.9 Å². The van der Waals surface area contributed by atoms with Crippen molar-refractivity contribution in [1.82, 2.24) is 0 Å². The quantitative estimate of drug-likeness (QED) is 0.840. The standard InChI is InChI=1S/C9H12FNO2.ClH/c1-12-9-6-7(13-5-4-11)2-3-8(9)10;/h2-3,6H,4-5,11H2,1H3;1H. The van der Waals surface area contributed by atoms with Crippen molar-refractivity contribution in [3.05, 3.63) is 24.0 Å². The van der Waals surface area contributed by atoms with Crippen molar-refractivity contribution >= 4 is 12.4 Å². The summed E-state index contributed by atoms with van der Waals surface area (Å²) in [6.07, 6.45) is 0. The molecule has 0 saturated carbocycles. The molecule has 14 heavy (non-hydrogen) atoms. The van der Waals surface area contributed by atoms with Crippen LogP contribution in [0.2, 0.25) is 0 Å². The van der Waals surface area contributed by atoms with Crippen molar-refractivity contribution in [1.29, 1.82) is 0 Å². The second-order valence-corrected chi connectivity index (χ2v) is 2.43. The Morgan fingerprint density at radius 1 is 1.43 bits per heavy atom. The minimum Gasteiger partial charge on any atom is -0.494 e. The second kappa shape index (κ2) is 6.45. The van der Waals surface area contributed by atoms with E-state index < -0.39 is 5.82 Å². The van der Waals surface area contributed by atoms with Gasteiger partial charge in [0.2, 0.25) is 0 Å². The predicted molar refractivity (Wildman–Crippen MR) is 54.7 cm³/mol. The van der Waals surface area contributed by atoms with Crippen LogP contribution in [0.1, 0.15) is 0 Å². The average Bonchev–Trinajstić information content (AvgIpc) is 2.16. The molecule has 1 aromatic rings. The SMILES string of the molecule is COc1cc(OCCN)ccc1F.Cl. The molecule has 3 nitrogen and oxygen atoms in total. The summed E-state index contributed by atoms with van der Waals surface area (Å²) >= 11 is 0.